The molecule has 1 aromatic rings. The minimum atomic E-state index is -0.192. The summed E-state index contributed by atoms with van der Waals surface area (Å²) in [5.41, 5.74) is 3.09. The van der Waals surface area contributed by atoms with Gasteiger partial charge >= 0.3 is 0 Å². The Morgan fingerprint density at radius 1 is 1.42 bits per heavy atom. The van der Waals surface area contributed by atoms with Gasteiger partial charge in [-0.05, 0) is 41.3 Å². The smallest absolute Gasteiger partial charge is 0.240 e. The standard InChI is InChI=1S/C15H11FN2O/c16-14-7-11(6-10-2-1-3-13(10)14)15-8-12(18-9-19)4-5-17-15/h1-2,4-7,15H,3,8H2. The topological polar surface area (TPSA) is 41.8 Å². The van der Waals surface area contributed by atoms with Crippen LogP contribution in [0, 0.1) is 5.82 Å². The Labute approximate surface area is 109 Å². The van der Waals surface area contributed by atoms with Crippen molar-refractivity contribution in [2.45, 2.75) is 18.9 Å². The molecule has 1 atom stereocenters. The van der Waals surface area contributed by atoms with E-state index >= 15 is 0 Å². The Balaban J connectivity index is 1.94. The molecule has 1 aliphatic carbocycles. The van der Waals surface area contributed by atoms with Crippen molar-refractivity contribution < 1.29 is 9.18 Å². The third kappa shape index (κ3) is 2.18. The van der Waals surface area contributed by atoms with E-state index in [1.807, 2.05) is 18.2 Å². The average molecular weight is 254 g/mol. The molecule has 1 aliphatic heterocycles. The van der Waals surface area contributed by atoms with E-state index in [-0.39, 0.29) is 11.9 Å². The normalized spacial score (nSPS) is 19.8. The van der Waals surface area contributed by atoms with E-state index in [0.29, 0.717) is 18.5 Å². The van der Waals surface area contributed by atoms with E-state index in [4.69, 9.17) is 0 Å². The molecule has 0 saturated carbocycles. The van der Waals surface area contributed by atoms with Crippen LogP contribution in [0.25, 0.3) is 6.08 Å². The molecular formula is C15H11FN2O. The maximum absolute atomic E-state index is 14.0. The molecular weight excluding hydrogens is 243 g/mol. The Bertz CT molecular complexity index is 667. The number of allylic oxidation sites excluding steroid dienone is 2. The predicted octanol–water partition coefficient (Wildman–Crippen LogP) is 3.13. The Morgan fingerprint density at radius 3 is 3.16 bits per heavy atom. The minimum absolute atomic E-state index is 0.189. The highest BCUT2D eigenvalue weighted by molar-refractivity contribution is 5.74. The fourth-order valence-corrected chi connectivity index (χ4v) is 2.44. The zero-order valence-corrected chi connectivity index (χ0v) is 10.1. The van der Waals surface area contributed by atoms with Gasteiger partial charge in [-0.3, -0.25) is 4.99 Å². The van der Waals surface area contributed by atoms with Gasteiger partial charge in [0.1, 0.15) is 5.82 Å². The van der Waals surface area contributed by atoms with Crippen molar-refractivity contribution in [2.24, 2.45) is 9.98 Å². The monoisotopic (exact) mass is 254 g/mol. The number of dihydropyridines is 1. The van der Waals surface area contributed by atoms with Gasteiger partial charge in [0.2, 0.25) is 6.08 Å². The summed E-state index contributed by atoms with van der Waals surface area (Å²) >= 11 is 0. The van der Waals surface area contributed by atoms with Crippen LogP contribution in [0.2, 0.25) is 0 Å². The summed E-state index contributed by atoms with van der Waals surface area (Å²) in [5, 5.41) is 0. The van der Waals surface area contributed by atoms with Crippen LogP contribution >= 0.6 is 0 Å². The van der Waals surface area contributed by atoms with Crippen molar-refractivity contribution in [2.75, 3.05) is 0 Å². The summed E-state index contributed by atoms with van der Waals surface area (Å²) in [6.45, 7) is 0. The third-order valence-electron chi connectivity index (χ3n) is 3.38. The SMILES string of the molecule is O=C=NC1=CC=NC(c2cc(F)c3c(c2)C=CC3)C1. The fourth-order valence-electron chi connectivity index (χ4n) is 2.44. The number of benzene rings is 1. The van der Waals surface area contributed by atoms with Crippen molar-refractivity contribution in [1.29, 1.82) is 0 Å². The molecule has 0 amide bonds. The van der Waals surface area contributed by atoms with Gasteiger partial charge in [-0.1, -0.05) is 12.2 Å². The first-order valence-electron chi connectivity index (χ1n) is 6.07. The number of fused-ring (bicyclic) bond motifs is 1. The lowest BCUT2D eigenvalue weighted by Crippen LogP contribution is -2.04. The molecule has 0 aromatic heterocycles. The summed E-state index contributed by atoms with van der Waals surface area (Å²) in [5.74, 6) is -0.192. The van der Waals surface area contributed by atoms with Gasteiger partial charge in [-0.2, -0.15) is 4.99 Å². The van der Waals surface area contributed by atoms with Crippen LogP contribution in [0.3, 0.4) is 0 Å². The van der Waals surface area contributed by atoms with Crippen molar-refractivity contribution in [1.82, 2.24) is 0 Å². The molecule has 94 valence electrons. The summed E-state index contributed by atoms with van der Waals surface area (Å²) in [6, 6.07) is 3.30. The maximum Gasteiger partial charge on any atom is 0.240 e. The molecule has 3 nitrogen and oxygen atoms in total. The zero-order chi connectivity index (χ0) is 13.2. The highest BCUT2D eigenvalue weighted by Gasteiger charge is 2.19. The lowest BCUT2D eigenvalue weighted by molar-refractivity contribution is 0.563. The molecule has 1 unspecified atom stereocenters. The van der Waals surface area contributed by atoms with E-state index in [1.54, 1.807) is 12.3 Å². The van der Waals surface area contributed by atoms with Gasteiger partial charge in [-0.25, -0.2) is 9.18 Å². The largest absolute Gasteiger partial charge is 0.285 e. The van der Waals surface area contributed by atoms with Crippen molar-refractivity contribution in [3.05, 3.63) is 52.5 Å². The Morgan fingerprint density at radius 2 is 2.32 bits per heavy atom. The first-order valence-corrected chi connectivity index (χ1v) is 6.07. The molecule has 0 saturated heterocycles. The highest BCUT2D eigenvalue weighted by Crippen LogP contribution is 2.32. The summed E-state index contributed by atoms with van der Waals surface area (Å²) in [6.07, 6.45) is 9.81. The fraction of sp³-hybridized carbons (Fsp3) is 0.200. The van der Waals surface area contributed by atoms with E-state index in [0.717, 1.165) is 16.7 Å². The van der Waals surface area contributed by atoms with Crippen molar-refractivity contribution >= 4 is 18.4 Å². The summed E-state index contributed by atoms with van der Waals surface area (Å²) in [7, 11) is 0. The number of isocyanates is 1. The first kappa shape index (κ1) is 11.8. The van der Waals surface area contributed by atoms with Gasteiger partial charge in [0.15, 0.2) is 0 Å². The second-order valence-corrected chi connectivity index (χ2v) is 4.56. The van der Waals surface area contributed by atoms with Crippen LogP contribution in [-0.2, 0) is 11.2 Å². The molecule has 0 bridgehead atoms. The lowest BCUT2D eigenvalue weighted by Gasteiger charge is -2.16. The van der Waals surface area contributed by atoms with E-state index in [2.05, 4.69) is 9.98 Å². The number of aliphatic imine (C=N–C) groups is 2. The summed E-state index contributed by atoms with van der Waals surface area (Å²) < 4.78 is 14.0. The van der Waals surface area contributed by atoms with Crippen LogP contribution in [0.15, 0.2) is 40.0 Å². The highest BCUT2D eigenvalue weighted by atomic mass is 19.1. The van der Waals surface area contributed by atoms with E-state index < -0.39 is 0 Å². The van der Waals surface area contributed by atoms with Crippen LogP contribution in [0.1, 0.15) is 29.2 Å². The number of rotatable bonds is 2. The number of halogens is 1. The minimum Gasteiger partial charge on any atom is -0.285 e. The molecule has 0 fully saturated rings. The maximum atomic E-state index is 14.0. The van der Waals surface area contributed by atoms with Gasteiger partial charge in [0.25, 0.3) is 0 Å². The zero-order valence-electron chi connectivity index (χ0n) is 10.1. The van der Waals surface area contributed by atoms with Gasteiger partial charge in [0.05, 0.1) is 11.7 Å². The molecule has 2 aliphatic rings. The van der Waals surface area contributed by atoms with Crippen LogP contribution < -0.4 is 0 Å². The molecule has 0 radical (unpaired) electrons. The van der Waals surface area contributed by atoms with Crippen LogP contribution in [-0.4, -0.2) is 12.3 Å². The van der Waals surface area contributed by atoms with Crippen LogP contribution in [0.4, 0.5) is 4.39 Å². The quantitative estimate of drug-likeness (QED) is 0.590. The number of carbonyl (C=O) groups excluding carboxylic acids is 1. The number of hydrogen-bond acceptors (Lipinski definition) is 3. The van der Waals surface area contributed by atoms with Crippen LogP contribution in [0.5, 0.6) is 0 Å². The molecule has 0 spiro atoms. The van der Waals surface area contributed by atoms with Crippen molar-refractivity contribution in [3.63, 3.8) is 0 Å². The average Bonchev–Trinajstić information content (AvgIpc) is 2.88. The molecule has 0 N–H and O–H groups in total. The molecule has 1 heterocycles. The second kappa shape index (κ2) is 4.75. The van der Waals surface area contributed by atoms with E-state index in [9.17, 15) is 9.18 Å². The molecule has 4 heteroatoms. The number of nitrogens with zero attached hydrogens (tertiary/aromatic N) is 2. The Kier molecular flexibility index (Phi) is 2.94. The molecule has 19 heavy (non-hydrogen) atoms. The molecule has 3 rings (SSSR count). The third-order valence-corrected chi connectivity index (χ3v) is 3.38. The van der Waals surface area contributed by atoms with Gasteiger partial charge in [0, 0.05) is 12.6 Å². The molecule has 1 aromatic carbocycles. The van der Waals surface area contributed by atoms with Crippen molar-refractivity contribution in [3.8, 4) is 0 Å². The van der Waals surface area contributed by atoms with E-state index in [1.165, 1.54) is 12.1 Å². The number of hydrogen-bond donors (Lipinski definition) is 0. The lowest BCUT2D eigenvalue weighted by atomic mass is 9.96. The second-order valence-electron chi connectivity index (χ2n) is 4.56. The summed E-state index contributed by atoms with van der Waals surface area (Å²) in [4.78, 5) is 18.2. The Hall–Kier alpha value is -2.32. The van der Waals surface area contributed by atoms with Gasteiger partial charge in [-0.15, -0.1) is 0 Å². The first-order chi connectivity index (χ1) is 9.28. The predicted molar refractivity (Wildman–Crippen MR) is 71.2 cm³/mol. The van der Waals surface area contributed by atoms with Gasteiger partial charge < -0.3 is 0 Å².